The molecule has 7 heteroatoms. The van der Waals surface area contributed by atoms with Crippen molar-refractivity contribution in [2.45, 2.75) is 58.4 Å². The van der Waals surface area contributed by atoms with Gasteiger partial charge in [-0.2, -0.15) is 0 Å². The van der Waals surface area contributed by atoms with Gasteiger partial charge in [-0.15, -0.1) is 0 Å². The Morgan fingerprint density at radius 2 is 1.68 bits per heavy atom. The molecule has 0 bridgehead atoms. The summed E-state index contributed by atoms with van der Waals surface area (Å²) < 4.78 is 0. The largest absolute Gasteiger partial charge is 0.481 e. The average Bonchev–Trinajstić information content (AvgIpc) is 2.90. The van der Waals surface area contributed by atoms with Crippen molar-refractivity contribution in [3.63, 3.8) is 0 Å². The summed E-state index contributed by atoms with van der Waals surface area (Å²) in [5.74, 6) is -1.44. The maximum atomic E-state index is 12.8. The van der Waals surface area contributed by atoms with E-state index in [2.05, 4.69) is 34.5 Å². The number of pyridine rings is 1. The number of hydrogen-bond acceptors (Lipinski definition) is 5. The standard InChI is InChI=1S/C30H33N3O4/c1-18-17-24(15-16-31-18)27-6-4-5-26(19(27)2)20(3)28(33-37)21-7-9-22(10-8-21)29(34)32-25-13-11-23(12-14-25)30(35)36/h4-10,15-17,20,23,25,37H,11-14H2,1-3H3,(H,32,34)(H,35,36)/b33-28+/t20-,23-,25-/m1/s1. The molecule has 1 aliphatic rings. The van der Waals surface area contributed by atoms with E-state index >= 15 is 0 Å². The van der Waals surface area contributed by atoms with Crippen LogP contribution in [-0.2, 0) is 4.79 Å². The molecule has 7 nitrogen and oxygen atoms in total. The second kappa shape index (κ2) is 11.4. The zero-order chi connectivity index (χ0) is 26.5. The van der Waals surface area contributed by atoms with Crippen molar-refractivity contribution in [2.24, 2.45) is 11.1 Å². The molecule has 0 aliphatic heterocycles. The number of carbonyl (C=O) groups is 2. The van der Waals surface area contributed by atoms with Gasteiger partial charge in [-0.1, -0.05) is 42.4 Å². The van der Waals surface area contributed by atoms with Crippen LogP contribution in [0.15, 0.2) is 65.9 Å². The van der Waals surface area contributed by atoms with Gasteiger partial charge in [0.2, 0.25) is 0 Å². The Balaban J connectivity index is 1.48. The first-order chi connectivity index (χ1) is 17.8. The van der Waals surface area contributed by atoms with Crippen LogP contribution >= 0.6 is 0 Å². The van der Waals surface area contributed by atoms with Gasteiger partial charge in [0.1, 0.15) is 0 Å². The Morgan fingerprint density at radius 3 is 2.30 bits per heavy atom. The molecule has 3 aromatic rings. The molecule has 1 amide bonds. The highest BCUT2D eigenvalue weighted by molar-refractivity contribution is 6.05. The number of rotatable bonds is 7. The third-order valence-corrected chi connectivity index (χ3v) is 7.42. The van der Waals surface area contributed by atoms with Gasteiger partial charge in [0, 0.05) is 29.4 Å². The number of oxime groups is 1. The van der Waals surface area contributed by atoms with E-state index in [9.17, 15) is 14.8 Å². The molecule has 1 aromatic heterocycles. The lowest BCUT2D eigenvalue weighted by Gasteiger charge is -2.26. The molecule has 3 N–H and O–H groups in total. The number of nitrogens with zero attached hydrogens (tertiary/aromatic N) is 2. The smallest absolute Gasteiger partial charge is 0.306 e. The molecule has 2 aromatic carbocycles. The lowest BCUT2D eigenvalue weighted by molar-refractivity contribution is -0.142. The molecule has 37 heavy (non-hydrogen) atoms. The number of benzene rings is 2. The van der Waals surface area contributed by atoms with Gasteiger partial charge in [0.25, 0.3) is 5.91 Å². The van der Waals surface area contributed by atoms with Crippen LogP contribution in [0.2, 0.25) is 0 Å². The molecule has 0 saturated heterocycles. The second-order valence-corrected chi connectivity index (χ2v) is 9.85. The van der Waals surface area contributed by atoms with Crippen molar-refractivity contribution in [3.05, 3.63) is 88.7 Å². The molecule has 0 unspecified atom stereocenters. The quantitative estimate of drug-likeness (QED) is 0.219. The van der Waals surface area contributed by atoms with Crippen LogP contribution in [0.25, 0.3) is 11.1 Å². The van der Waals surface area contributed by atoms with Gasteiger partial charge in [-0.3, -0.25) is 14.6 Å². The van der Waals surface area contributed by atoms with E-state index in [0.717, 1.165) is 33.5 Å². The minimum Gasteiger partial charge on any atom is -0.481 e. The first-order valence-electron chi connectivity index (χ1n) is 12.7. The van der Waals surface area contributed by atoms with Crippen LogP contribution in [0.1, 0.15) is 71.3 Å². The lowest BCUT2D eigenvalue weighted by atomic mass is 9.85. The summed E-state index contributed by atoms with van der Waals surface area (Å²) in [5.41, 5.74) is 7.08. The molecular formula is C30H33N3O4. The van der Waals surface area contributed by atoms with E-state index < -0.39 is 5.97 Å². The van der Waals surface area contributed by atoms with Crippen LogP contribution in [0, 0.1) is 19.8 Å². The molecule has 0 spiro atoms. The van der Waals surface area contributed by atoms with Crippen LogP contribution in [0.3, 0.4) is 0 Å². The van der Waals surface area contributed by atoms with Crippen molar-refractivity contribution >= 4 is 17.6 Å². The number of aryl methyl sites for hydroxylation is 1. The number of aliphatic carboxylic acids is 1. The van der Waals surface area contributed by atoms with E-state index in [0.29, 0.717) is 37.0 Å². The van der Waals surface area contributed by atoms with Gasteiger partial charge in [-0.05, 0) is 91.6 Å². The van der Waals surface area contributed by atoms with Gasteiger partial charge in [-0.25, -0.2) is 0 Å². The van der Waals surface area contributed by atoms with Gasteiger partial charge in [0.05, 0.1) is 11.6 Å². The molecule has 1 fully saturated rings. The minimum absolute atomic E-state index is 0.0169. The monoisotopic (exact) mass is 499 g/mol. The van der Waals surface area contributed by atoms with E-state index in [4.69, 9.17) is 5.11 Å². The van der Waals surface area contributed by atoms with Crippen LogP contribution < -0.4 is 5.32 Å². The number of hydrogen-bond donors (Lipinski definition) is 3. The Kier molecular flexibility index (Phi) is 8.01. The van der Waals surface area contributed by atoms with E-state index in [1.54, 1.807) is 30.5 Å². The fourth-order valence-corrected chi connectivity index (χ4v) is 5.24. The van der Waals surface area contributed by atoms with Crippen LogP contribution in [0.4, 0.5) is 0 Å². The number of aromatic nitrogens is 1. The zero-order valence-electron chi connectivity index (χ0n) is 21.4. The molecule has 1 aliphatic carbocycles. The fraction of sp³-hybridized carbons (Fsp3) is 0.333. The van der Waals surface area contributed by atoms with Gasteiger partial charge < -0.3 is 15.6 Å². The molecule has 192 valence electrons. The Labute approximate surface area is 217 Å². The third-order valence-electron chi connectivity index (χ3n) is 7.42. The van der Waals surface area contributed by atoms with E-state index in [1.165, 1.54) is 0 Å². The van der Waals surface area contributed by atoms with Crippen molar-refractivity contribution in [1.29, 1.82) is 0 Å². The van der Waals surface area contributed by atoms with E-state index in [1.807, 2.05) is 32.0 Å². The topological polar surface area (TPSA) is 112 Å². The SMILES string of the molecule is Cc1cc(-c2cccc([C@@H](C)/C(=N\O)c3ccc(C(=O)N[C@H]4CC[C@H](C(=O)O)CC4)cc3)c2C)ccn1. The Hall–Kier alpha value is -4.00. The number of carboxylic acids is 1. The molecule has 0 radical (unpaired) electrons. The fourth-order valence-electron chi connectivity index (χ4n) is 5.24. The number of carbonyl (C=O) groups excluding carboxylic acids is 1. The normalized spacial score (nSPS) is 18.7. The molecular weight excluding hydrogens is 466 g/mol. The Morgan fingerprint density at radius 1 is 1.00 bits per heavy atom. The predicted molar refractivity (Wildman–Crippen MR) is 143 cm³/mol. The predicted octanol–water partition coefficient (Wildman–Crippen LogP) is 5.72. The highest BCUT2D eigenvalue weighted by Gasteiger charge is 2.27. The summed E-state index contributed by atoms with van der Waals surface area (Å²) in [6.45, 7) is 6.05. The summed E-state index contributed by atoms with van der Waals surface area (Å²) >= 11 is 0. The highest BCUT2D eigenvalue weighted by atomic mass is 16.4. The summed E-state index contributed by atoms with van der Waals surface area (Å²) in [6, 6.07) is 17.2. The lowest BCUT2D eigenvalue weighted by Crippen LogP contribution is -2.38. The van der Waals surface area contributed by atoms with Gasteiger partial charge in [0.15, 0.2) is 0 Å². The molecule has 1 heterocycles. The maximum Gasteiger partial charge on any atom is 0.306 e. The Bertz CT molecular complexity index is 1310. The van der Waals surface area contributed by atoms with Crippen LogP contribution in [-0.4, -0.2) is 38.9 Å². The van der Waals surface area contributed by atoms with Gasteiger partial charge >= 0.3 is 5.97 Å². The van der Waals surface area contributed by atoms with Crippen LogP contribution in [0.5, 0.6) is 0 Å². The third kappa shape index (κ3) is 5.88. The number of nitrogens with one attached hydrogen (secondary N) is 1. The maximum absolute atomic E-state index is 12.8. The van der Waals surface area contributed by atoms with Crippen molar-refractivity contribution in [3.8, 4) is 11.1 Å². The number of amides is 1. The summed E-state index contributed by atoms with van der Waals surface area (Å²) in [7, 11) is 0. The average molecular weight is 500 g/mol. The molecule has 4 rings (SSSR count). The molecule has 1 saturated carbocycles. The zero-order valence-corrected chi connectivity index (χ0v) is 21.4. The van der Waals surface area contributed by atoms with Crippen molar-refractivity contribution in [2.75, 3.05) is 0 Å². The van der Waals surface area contributed by atoms with Crippen molar-refractivity contribution < 1.29 is 19.9 Å². The summed E-state index contributed by atoms with van der Waals surface area (Å²) in [6.07, 6.45) is 4.29. The highest BCUT2D eigenvalue weighted by Crippen LogP contribution is 2.32. The molecule has 1 atom stereocenters. The summed E-state index contributed by atoms with van der Waals surface area (Å²) in [4.78, 5) is 28.2. The van der Waals surface area contributed by atoms with Crippen molar-refractivity contribution in [1.82, 2.24) is 10.3 Å². The second-order valence-electron chi connectivity index (χ2n) is 9.85. The minimum atomic E-state index is -0.759. The first-order valence-corrected chi connectivity index (χ1v) is 12.7. The summed E-state index contributed by atoms with van der Waals surface area (Å²) in [5, 5.41) is 25.8. The number of carboxylic acid groups (broad SMARTS) is 1. The van der Waals surface area contributed by atoms with E-state index in [-0.39, 0.29) is 23.8 Å². The first kappa shape index (κ1) is 26.1.